The molecule has 0 aromatic heterocycles. The van der Waals surface area contributed by atoms with Crippen LogP contribution in [0.3, 0.4) is 0 Å². The Kier molecular flexibility index (Phi) is 3.77. The van der Waals surface area contributed by atoms with Gasteiger partial charge in [-0.3, -0.25) is 0 Å². The van der Waals surface area contributed by atoms with Crippen molar-refractivity contribution in [2.24, 2.45) is 0 Å². The summed E-state index contributed by atoms with van der Waals surface area (Å²) in [6.07, 6.45) is -0.803. The molecule has 2 atom stereocenters. The molecule has 4 nitrogen and oxygen atoms in total. The molecule has 0 amide bonds. The highest BCUT2D eigenvalue weighted by molar-refractivity contribution is 8.02. The highest BCUT2D eigenvalue weighted by Gasteiger charge is 2.36. The van der Waals surface area contributed by atoms with E-state index >= 15 is 0 Å². The summed E-state index contributed by atoms with van der Waals surface area (Å²) >= 11 is 1.35. The maximum absolute atomic E-state index is 11.4. The summed E-state index contributed by atoms with van der Waals surface area (Å²) < 4.78 is 22.7. The van der Waals surface area contributed by atoms with Crippen LogP contribution in [0, 0.1) is 0 Å². The van der Waals surface area contributed by atoms with E-state index in [-0.39, 0.29) is 23.4 Å². The molecule has 2 unspecified atom stereocenters. The lowest BCUT2D eigenvalue weighted by Gasteiger charge is -2.12. The van der Waals surface area contributed by atoms with Gasteiger partial charge in [0, 0.05) is 4.90 Å². The Bertz CT molecular complexity index is 498. The Labute approximate surface area is 105 Å². The first-order valence-corrected chi connectivity index (χ1v) is 7.95. The highest BCUT2D eigenvalue weighted by atomic mass is 32.2. The summed E-state index contributed by atoms with van der Waals surface area (Å²) in [4.78, 5) is 0.873. The first kappa shape index (κ1) is 12.9. The number of aliphatic hydroxyl groups is 2. The Hall–Kier alpha value is -0.560. The second-order valence-corrected chi connectivity index (χ2v) is 7.57. The lowest BCUT2D eigenvalue weighted by atomic mass is 10.2. The van der Waals surface area contributed by atoms with Gasteiger partial charge in [0.2, 0.25) is 0 Å². The van der Waals surface area contributed by atoms with Crippen molar-refractivity contribution in [3.05, 3.63) is 29.8 Å². The van der Waals surface area contributed by atoms with Crippen LogP contribution in [-0.2, 0) is 16.4 Å². The highest BCUT2D eigenvalue weighted by Crippen LogP contribution is 2.31. The van der Waals surface area contributed by atoms with E-state index in [4.69, 9.17) is 5.11 Å². The molecule has 1 heterocycles. The quantitative estimate of drug-likeness (QED) is 0.836. The van der Waals surface area contributed by atoms with Gasteiger partial charge in [0.15, 0.2) is 9.84 Å². The second-order valence-electron chi connectivity index (χ2n) is 4.11. The van der Waals surface area contributed by atoms with Crippen LogP contribution in [0.1, 0.15) is 5.56 Å². The lowest BCUT2D eigenvalue weighted by molar-refractivity contribution is 0.207. The Morgan fingerprint density at radius 1 is 1.35 bits per heavy atom. The molecule has 2 N–H and O–H groups in total. The Morgan fingerprint density at radius 3 is 2.71 bits per heavy atom. The van der Waals surface area contributed by atoms with Crippen molar-refractivity contribution in [3.8, 4) is 0 Å². The van der Waals surface area contributed by atoms with Crippen molar-refractivity contribution in [2.45, 2.75) is 22.9 Å². The van der Waals surface area contributed by atoms with E-state index in [2.05, 4.69) is 0 Å². The summed E-state index contributed by atoms with van der Waals surface area (Å²) in [5.41, 5.74) is 0.783. The molecule has 94 valence electrons. The largest absolute Gasteiger partial charge is 0.392 e. The van der Waals surface area contributed by atoms with Crippen molar-refractivity contribution in [1.82, 2.24) is 0 Å². The predicted octanol–water partition coefficient (Wildman–Crippen LogP) is 0.429. The maximum atomic E-state index is 11.4. The van der Waals surface area contributed by atoms with Crippen LogP contribution in [0.25, 0.3) is 0 Å². The van der Waals surface area contributed by atoms with Crippen LogP contribution in [0.5, 0.6) is 0 Å². The molecule has 1 aliphatic rings. The number of thioether (sulfide) groups is 1. The van der Waals surface area contributed by atoms with Crippen molar-refractivity contribution >= 4 is 21.6 Å². The van der Waals surface area contributed by atoms with Crippen LogP contribution in [0.2, 0.25) is 0 Å². The maximum Gasteiger partial charge on any atom is 0.154 e. The third kappa shape index (κ3) is 3.22. The van der Waals surface area contributed by atoms with Gasteiger partial charge in [-0.1, -0.05) is 12.1 Å². The van der Waals surface area contributed by atoms with Crippen LogP contribution in [0.15, 0.2) is 29.2 Å². The zero-order chi connectivity index (χ0) is 12.5. The van der Waals surface area contributed by atoms with Crippen molar-refractivity contribution < 1.29 is 18.6 Å². The second kappa shape index (κ2) is 4.97. The molecular weight excluding hydrogens is 260 g/mol. The van der Waals surface area contributed by atoms with Gasteiger partial charge >= 0.3 is 0 Å². The van der Waals surface area contributed by atoms with Gasteiger partial charge in [0.25, 0.3) is 0 Å². The average Bonchev–Trinajstić information content (AvgIpc) is 2.52. The number of hydrogen-bond acceptors (Lipinski definition) is 5. The minimum atomic E-state index is -3.10. The van der Waals surface area contributed by atoms with Crippen molar-refractivity contribution in [1.29, 1.82) is 0 Å². The molecule has 17 heavy (non-hydrogen) atoms. The molecule has 1 aromatic carbocycles. The third-order valence-corrected chi connectivity index (χ3v) is 5.88. The van der Waals surface area contributed by atoms with E-state index in [1.165, 1.54) is 11.8 Å². The van der Waals surface area contributed by atoms with Gasteiger partial charge in [0.1, 0.15) is 0 Å². The van der Waals surface area contributed by atoms with Crippen molar-refractivity contribution in [2.75, 3.05) is 11.5 Å². The van der Waals surface area contributed by atoms with Crippen LogP contribution in [-0.4, -0.2) is 41.5 Å². The molecule has 6 heteroatoms. The molecule has 1 fully saturated rings. The first-order valence-electron chi connectivity index (χ1n) is 5.25. The van der Waals surface area contributed by atoms with E-state index < -0.39 is 15.9 Å². The van der Waals surface area contributed by atoms with E-state index in [1.807, 2.05) is 18.2 Å². The number of aliphatic hydroxyl groups excluding tert-OH is 2. The van der Waals surface area contributed by atoms with Gasteiger partial charge in [-0.05, 0) is 17.7 Å². The summed E-state index contributed by atoms with van der Waals surface area (Å²) in [5.74, 6) is -0.132. The molecule has 0 spiro atoms. The molecule has 1 aliphatic heterocycles. The number of rotatable bonds is 3. The van der Waals surface area contributed by atoms with E-state index in [1.54, 1.807) is 6.07 Å². The fourth-order valence-corrected chi connectivity index (χ4v) is 5.41. The van der Waals surface area contributed by atoms with Gasteiger partial charge < -0.3 is 10.2 Å². The molecule has 0 aliphatic carbocycles. The van der Waals surface area contributed by atoms with E-state index in [0.717, 1.165) is 10.5 Å². The summed E-state index contributed by atoms with van der Waals surface area (Å²) in [6.45, 7) is -0.0417. The zero-order valence-electron chi connectivity index (χ0n) is 9.11. The fourth-order valence-electron chi connectivity index (χ4n) is 1.80. The molecule has 0 radical (unpaired) electrons. The smallest absolute Gasteiger partial charge is 0.154 e. The fraction of sp³-hybridized carbons (Fsp3) is 0.455. The predicted molar refractivity (Wildman–Crippen MR) is 66.7 cm³/mol. The van der Waals surface area contributed by atoms with E-state index in [0.29, 0.717) is 0 Å². The van der Waals surface area contributed by atoms with Gasteiger partial charge in [-0.2, -0.15) is 0 Å². The molecule has 0 saturated carbocycles. The van der Waals surface area contributed by atoms with Crippen LogP contribution in [0.4, 0.5) is 0 Å². The minimum Gasteiger partial charge on any atom is -0.392 e. The van der Waals surface area contributed by atoms with Crippen LogP contribution < -0.4 is 0 Å². The van der Waals surface area contributed by atoms with Crippen LogP contribution >= 0.6 is 11.8 Å². The Morgan fingerprint density at radius 2 is 2.12 bits per heavy atom. The summed E-state index contributed by atoms with van der Waals surface area (Å²) in [7, 11) is -3.10. The number of benzene rings is 1. The third-order valence-electron chi connectivity index (χ3n) is 2.64. The standard InChI is InChI=1S/C11H14O4S2/c12-5-8-2-1-3-9(4-8)16-11-7-17(14,15)6-10(11)13/h1-4,10-13H,5-7H2. The minimum absolute atomic E-state index is 0.0161. The first-order chi connectivity index (χ1) is 8.00. The van der Waals surface area contributed by atoms with Gasteiger partial charge in [-0.25, -0.2) is 8.42 Å². The SMILES string of the molecule is O=S1(=O)CC(O)C(Sc2cccc(CO)c2)C1. The number of sulfone groups is 1. The van der Waals surface area contributed by atoms with Gasteiger partial charge in [-0.15, -0.1) is 11.8 Å². The number of hydrogen-bond donors (Lipinski definition) is 2. The average molecular weight is 274 g/mol. The summed E-state index contributed by atoms with van der Waals surface area (Å²) in [6, 6.07) is 7.26. The monoisotopic (exact) mass is 274 g/mol. The molecule has 1 aromatic rings. The molecule has 1 saturated heterocycles. The Balaban J connectivity index is 2.11. The lowest BCUT2D eigenvalue weighted by Crippen LogP contribution is -2.19. The molecule has 0 bridgehead atoms. The van der Waals surface area contributed by atoms with Crippen molar-refractivity contribution in [3.63, 3.8) is 0 Å². The van der Waals surface area contributed by atoms with E-state index in [9.17, 15) is 13.5 Å². The molecule has 2 rings (SSSR count). The summed E-state index contributed by atoms with van der Waals surface area (Å²) in [5, 5.41) is 18.4. The molecular formula is C11H14O4S2. The normalized spacial score (nSPS) is 27.2. The zero-order valence-corrected chi connectivity index (χ0v) is 10.7. The van der Waals surface area contributed by atoms with Gasteiger partial charge in [0.05, 0.1) is 29.5 Å². The topological polar surface area (TPSA) is 74.6 Å².